The summed E-state index contributed by atoms with van der Waals surface area (Å²) in [6, 6.07) is 0.209. The van der Waals surface area contributed by atoms with Crippen LogP contribution < -0.4 is 5.32 Å². The monoisotopic (exact) mass is 242 g/mol. The molecule has 4 heteroatoms. The summed E-state index contributed by atoms with van der Waals surface area (Å²) in [7, 11) is 1.91. The molecule has 0 aromatic heterocycles. The number of amides is 1. The minimum Gasteiger partial charge on any atom is -0.377 e. The molecule has 0 spiro atoms. The minimum atomic E-state index is 0.209. The van der Waals surface area contributed by atoms with Crippen LogP contribution in [-0.2, 0) is 9.53 Å². The van der Waals surface area contributed by atoms with Crippen LogP contribution in [0.1, 0.15) is 33.1 Å². The Morgan fingerprint density at radius 3 is 2.94 bits per heavy atom. The van der Waals surface area contributed by atoms with E-state index < -0.39 is 0 Å². The molecule has 1 heterocycles. The van der Waals surface area contributed by atoms with Crippen LogP contribution in [0.3, 0.4) is 0 Å². The Labute approximate surface area is 105 Å². The van der Waals surface area contributed by atoms with Crippen molar-refractivity contribution in [3.8, 4) is 0 Å². The predicted octanol–water partition coefficient (Wildman–Crippen LogP) is 1.26. The fraction of sp³-hybridized carbons (Fsp3) is 0.923. The maximum atomic E-state index is 12.1. The first-order chi connectivity index (χ1) is 8.15. The van der Waals surface area contributed by atoms with E-state index in [1.54, 1.807) is 0 Å². The first-order valence-electron chi connectivity index (χ1n) is 6.67. The fourth-order valence-electron chi connectivity index (χ4n) is 2.19. The number of carbonyl (C=O) groups excluding carboxylic acids is 1. The highest BCUT2D eigenvalue weighted by Gasteiger charge is 2.26. The van der Waals surface area contributed by atoms with Gasteiger partial charge in [0.2, 0.25) is 5.91 Å². The van der Waals surface area contributed by atoms with E-state index in [1.807, 2.05) is 11.9 Å². The molecule has 1 aliphatic heterocycles. The van der Waals surface area contributed by atoms with Crippen molar-refractivity contribution in [2.45, 2.75) is 39.2 Å². The number of carbonyl (C=O) groups is 1. The lowest BCUT2D eigenvalue weighted by molar-refractivity contribution is -0.139. The SMILES string of the molecule is CNCC1COCCN1C(=O)CCCC(C)C. The van der Waals surface area contributed by atoms with Crippen LogP contribution in [-0.4, -0.2) is 50.2 Å². The molecule has 0 aromatic rings. The molecule has 1 atom stereocenters. The van der Waals surface area contributed by atoms with Gasteiger partial charge in [0.05, 0.1) is 19.3 Å². The van der Waals surface area contributed by atoms with Gasteiger partial charge in [-0.3, -0.25) is 4.79 Å². The molecular weight excluding hydrogens is 216 g/mol. The number of morpholine rings is 1. The van der Waals surface area contributed by atoms with Crippen LogP contribution in [0.5, 0.6) is 0 Å². The molecule has 1 aliphatic rings. The van der Waals surface area contributed by atoms with Gasteiger partial charge in [-0.05, 0) is 19.4 Å². The van der Waals surface area contributed by atoms with Gasteiger partial charge in [-0.2, -0.15) is 0 Å². The Hall–Kier alpha value is -0.610. The molecule has 1 N–H and O–H groups in total. The number of hydrogen-bond acceptors (Lipinski definition) is 3. The maximum absolute atomic E-state index is 12.1. The molecule has 1 rings (SSSR count). The fourth-order valence-corrected chi connectivity index (χ4v) is 2.19. The average Bonchev–Trinajstić information content (AvgIpc) is 2.29. The second-order valence-electron chi connectivity index (χ2n) is 5.16. The van der Waals surface area contributed by atoms with Crippen molar-refractivity contribution in [2.24, 2.45) is 5.92 Å². The highest BCUT2D eigenvalue weighted by molar-refractivity contribution is 5.76. The molecule has 1 fully saturated rings. The molecule has 0 bridgehead atoms. The third kappa shape index (κ3) is 5.04. The summed E-state index contributed by atoms with van der Waals surface area (Å²) in [6.45, 7) is 7.29. The molecule has 0 radical (unpaired) electrons. The maximum Gasteiger partial charge on any atom is 0.223 e. The Balaban J connectivity index is 2.36. The summed E-state index contributed by atoms with van der Waals surface area (Å²) in [4.78, 5) is 14.1. The Morgan fingerprint density at radius 2 is 2.29 bits per heavy atom. The molecule has 0 saturated carbocycles. The van der Waals surface area contributed by atoms with Crippen molar-refractivity contribution in [1.82, 2.24) is 10.2 Å². The molecule has 1 unspecified atom stereocenters. The van der Waals surface area contributed by atoms with Gasteiger partial charge < -0.3 is 15.0 Å². The van der Waals surface area contributed by atoms with Gasteiger partial charge in [-0.25, -0.2) is 0 Å². The summed E-state index contributed by atoms with van der Waals surface area (Å²) in [5, 5.41) is 3.12. The zero-order chi connectivity index (χ0) is 12.7. The summed E-state index contributed by atoms with van der Waals surface area (Å²) < 4.78 is 5.42. The largest absolute Gasteiger partial charge is 0.377 e. The molecule has 0 aliphatic carbocycles. The molecular formula is C13H26N2O2. The van der Waals surface area contributed by atoms with Crippen LogP contribution in [0.25, 0.3) is 0 Å². The second-order valence-corrected chi connectivity index (χ2v) is 5.16. The lowest BCUT2D eigenvalue weighted by Crippen LogP contribution is -2.52. The predicted molar refractivity (Wildman–Crippen MR) is 68.9 cm³/mol. The third-order valence-corrected chi connectivity index (χ3v) is 3.16. The normalized spacial score (nSPS) is 20.9. The molecule has 17 heavy (non-hydrogen) atoms. The van der Waals surface area contributed by atoms with E-state index in [1.165, 1.54) is 0 Å². The highest BCUT2D eigenvalue weighted by atomic mass is 16.5. The average molecular weight is 242 g/mol. The van der Waals surface area contributed by atoms with Gasteiger partial charge >= 0.3 is 0 Å². The van der Waals surface area contributed by atoms with Crippen molar-refractivity contribution in [2.75, 3.05) is 33.4 Å². The number of hydrogen-bond donors (Lipinski definition) is 1. The van der Waals surface area contributed by atoms with Gasteiger partial charge in [0, 0.05) is 19.5 Å². The standard InChI is InChI=1S/C13H26N2O2/c1-11(2)5-4-6-13(16)15-7-8-17-10-12(15)9-14-3/h11-12,14H,4-10H2,1-3H3. The summed E-state index contributed by atoms with van der Waals surface area (Å²) in [5.74, 6) is 0.967. The molecule has 100 valence electrons. The van der Waals surface area contributed by atoms with E-state index in [2.05, 4.69) is 19.2 Å². The van der Waals surface area contributed by atoms with Gasteiger partial charge in [0.1, 0.15) is 0 Å². The zero-order valence-electron chi connectivity index (χ0n) is 11.4. The van der Waals surface area contributed by atoms with Crippen LogP contribution in [0.2, 0.25) is 0 Å². The molecule has 4 nitrogen and oxygen atoms in total. The number of nitrogens with zero attached hydrogens (tertiary/aromatic N) is 1. The van der Waals surface area contributed by atoms with E-state index in [0.29, 0.717) is 25.6 Å². The van der Waals surface area contributed by atoms with Crippen molar-refractivity contribution >= 4 is 5.91 Å². The van der Waals surface area contributed by atoms with E-state index in [4.69, 9.17) is 4.74 Å². The topological polar surface area (TPSA) is 41.6 Å². The van der Waals surface area contributed by atoms with Crippen molar-refractivity contribution in [3.63, 3.8) is 0 Å². The van der Waals surface area contributed by atoms with Gasteiger partial charge in [0.25, 0.3) is 0 Å². The molecule has 1 amide bonds. The first kappa shape index (κ1) is 14.5. The number of ether oxygens (including phenoxy) is 1. The summed E-state index contributed by atoms with van der Waals surface area (Å²) >= 11 is 0. The number of likely N-dealkylation sites (N-methyl/N-ethyl adjacent to an activating group) is 1. The summed E-state index contributed by atoms with van der Waals surface area (Å²) in [5.41, 5.74) is 0. The van der Waals surface area contributed by atoms with Crippen LogP contribution in [0, 0.1) is 5.92 Å². The van der Waals surface area contributed by atoms with Gasteiger partial charge in [-0.15, -0.1) is 0 Å². The highest BCUT2D eigenvalue weighted by Crippen LogP contribution is 2.12. The van der Waals surface area contributed by atoms with E-state index >= 15 is 0 Å². The smallest absolute Gasteiger partial charge is 0.223 e. The molecule has 0 aromatic carbocycles. The number of nitrogens with one attached hydrogen (secondary N) is 1. The van der Waals surface area contributed by atoms with E-state index in [9.17, 15) is 4.79 Å². The first-order valence-corrected chi connectivity index (χ1v) is 6.67. The van der Waals surface area contributed by atoms with Gasteiger partial charge in [0.15, 0.2) is 0 Å². The van der Waals surface area contributed by atoms with Crippen molar-refractivity contribution < 1.29 is 9.53 Å². The van der Waals surface area contributed by atoms with Crippen molar-refractivity contribution in [3.05, 3.63) is 0 Å². The quantitative estimate of drug-likeness (QED) is 0.762. The minimum absolute atomic E-state index is 0.209. The van der Waals surface area contributed by atoms with Crippen LogP contribution in [0.4, 0.5) is 0 Å². The Bertz CT molecular complexity index is 229. The number of rotatable bonds is 6. The Morgan fingerprint density at radius 1 is 1.53 bits per heavy atom. The zero-order valence-corrected chi connectivity index (χ0v) is 11.4. The van der Waals surface area contributed by atoms with Crippen LogP contribution >= 0.6 is 0 Å². The molecule has 1 saturated heterocycles. The van der Waals surface area contributed by atoms with E-state index in [0.717, 1.165) is 25.9 Å². The lowest BCUT2D eigenvalue weighted by atomic mass is 10.1. The second kappa shape index (κ2) is 7.67. The Kier molecular flexibility index (Phi) is 6.52. The van der Waals surface area contributed by atoms with Crippen LogP contribution in [0.15, 0.2) is 0 Å². The van der Waals surface area contributed by atoms with E-state index in [-0.39, 0.29) is 11.9 Å². The summed E-state index contributed by atoms with van der Waals surface area (Å²) in [6.07, 6.45) is 2.81. The lowest BCUT2D eigenvalue weighted by Gasteiger charge is -2.35. The van der Waals surface area contributed by atoms with Crippen molar-refractivity contribution in [1.29, 1.82) is 0 Å². The van der Waals surface area contributed by atoms with Gasteiger partial charge in [-0.1, -0.05) is 20.3 Å². The third-order valence-electron chi connectivity index (χ3n) is 3.16.